The van der Waals surface area contributed by atoms with E-state index in [0.29, 0.717) is 19.4 Å². The first-order valence-electron chi connectivity index (χ1n) is 7.01. The van der Waals surface area contributed by atoms with E-state index < -0.39 is 31.3 Å². The van der Waals surface area contributed by atoms with Gasteiger partial charge in [0.1, 0.15) is 5.82 Å². The van der Waals surface area contributed by atoms with E-state index in [0.717, 1.165) is 28.9 Å². The molecule has 0 radical (unpaired) electrons. The Labute approximate surface area is 128 Å². The summed E-state index contributed by atoms with van der Waals surface area (Å²) in [6.45, 7) is 0.887. The fourth-order valence-electron chi connectivity index (χ4n) is 2.74. The van der Waals surface area contributed by atoms with Gasteiger partial charge in [0.2, 0.25) is 0 Å². The summed E-state index contributed by atoms with van der Waals surface area (Å²) in [6.07, 6.45) is 2.15. The van der Waals surface area contributed by atoms with Gasteiger partial charge >= 0.3 is 0 Å². The van der Waals surface area contributed by atoms with Crippen LogP contribution in [0.15, 0.2) is 23.1 Å². The summed E-state index contributed by atoms with van der Waals surface area (Å²) in [5.41, 5.74) is 4.76. The molecule has 2 rings (SSSR count). The van der Waals surface area contributed by atoms with Crippen LogP contribution in [0, 0.1) is 21.8 Å². The number of hydrogen-bond acceptors (Lipinski definition) is 5. The van der Waals surface area contributed by atoms with E-state index >= 15 is 0 Å². The number of nitro groups is 1. The van der Waals surface area contributed by atoms with Crippen molar-refractivity contribution in [3.05, 3.63) is 34.1 Å². The van der Waals surface area contributed by atoms with Gasteiger partial charge in [-0.2, -0.15) is 4.31 Å². The zero-order valence-electron chi connectivity index (χ0n) is 11.9. The van der Waals surface area contributed by atoms with Crippen LogP contribution in [0.3, 0.4) is 0 Å². The quantitative estimate of drug-likeness (QED) is 0.650. The van der Waals surface area contributed by atoms with Crippen molar-refractivity contribution >= 4 is 15.7 Å². The van der Waals surface area contributed by atoms with Gasteiger partial charge in [-0.25, -0.2) is 12.8 Å². The lowest BCUT2D eigenvalue weighted by Gasteiger charge is -2.31. The Bertz CT molecular complexity index is 663. The van der Waals surface area contributed by atoms with Crippen molar-refractivity contribution < 1.29 is 17.7 Å². The van der Waals surface area contributed by atoms with Crippen molar-refractivity contribution in [1.29, 1.82) is 0 Å². The molecule has 7 nitrogen and oxygen atoms in total. The number of piperidine rings is 1. The minimum absolute atomic E-state index is 0.0966. The van der Waals surface area contributed by atoms with Crippen molar-refractivity contribution in [1.82, 2.24) is 4.31 Å². The Kier molecular flexibility index (Phi) is 5.09. The Hall–Kier alpha value is -1.58. The van der Waals surface area contributed by atoms with Crippen LogP contribution in [0.4, 0.5) is 10.1 Å². The van der Waals surface area contributed by atoms with Crippen LogP contribution >= 0.6 is 0 Å². The average molecular weight is 331 g/mol. The molecule has 0 saturated carbocycles. The van der Waals surface area contributed by atoms with Crippen molar-refractivity contribution in [2.75, 3.05) is 19.6 Å². The van der Waals surface area contributed by atoms with Gasteiger partial charge in [-0.1, -0.05) is 6.07 Å². The summed E-state index contributed by atoms with van der Waals surface area (Å²) in [5, 5.41) is 11.0. The Morgan fingerprint density at radius 2 is 2.18 bits per heavy atom. The van der Waals surface area contributed by atoms with Crippen LogP contribution in [0.1, 0.15) is 19.3 Å². The highest BCUT2D eigenvalue weighted by molar-refractivity contribution is 7.89. The summed E-state index contributed by atoms with van der Waals surface area (Å²) in [5.74, 6) is -1.01. The van der Waals surface area contributed by atoms with E-state index in [1.165, 1.54) is 0 Å². The maximum absolute atomic E-state index is 14.0. The van der Waals surface area contributed by atoms with Gasteiger partial charge in [-0.15, -0.1) is 0 Å². The minimum Gasteiger partial charge on any atom is -0.330 e. The summed E-state index contributed by atoms with van der Waals surface area (Å²) in [4.78, 5) is 9.28. The second-order valence-electron chi connectivity index (χ2n) is 5.29. The van der Waals surface area contributed by atoms with E-state index in [2.05, 4.69) is 0 Å². The van der Waals surface area contributed by atoms with E-state index in [1.54, 1.807) is 0 Å². The summed E-state index contributed by atoms with van der Waals surface area (Å²) in [6, 6.07) is 3.04. The van der Waals surface area contributed by atoms with Gasteiger partial charge in [-0.3, -0.25) is 10.1 Å². The fraction of sp³-hybridized carbons (Fsp3) is 0.538. The van der Waals surface area contributed by atoms with Crippen molar-refractivity contribution in [3.8, 4) is 0 Å². The minimum atomic E-state index is -4.24. The predicted octanol–water partition coefficient (Wildman–Crippen LogP) is 1.48. The number of rotatable bonds is 5. The topological polar surface area (TPSA) is 107 Å². The lowest BCUT2D eigenvalue weighted by molar-refractivity contribution is -0.388. The fourth-order valence-corrected chi connectivity index (χ4v) is 4.50. The molecule has 1 saturated heterocycles. The normalized spacial score (nSPS) is 20.0. The molecule has 0 amide bonds. The number of nitrogens with two attached hydrogens (primary N) is 1. The molecule has 0 aliphatic carbocycles. The molecule has 0 aromatic heterocycles. The van der Waals surface area contributed by atoms with Crippen LogP contribution in [-0.4, -0.2) is 37.3 Å². The van der Waals surface area contributed by atoms with E-state index in [9.17, 15) is 22.9 Å². The SMILES string of the molecule is NCCC1CCCN(S(=O)(=O)c2c(F)cccc2[N+](=O)[O-])C1. The summed E-state index contributed by atoms with van der Waals surface area (Å²) in [7, 11) is -4.24. The lowest BCUT2D eigenvalue weighted by atomic mass is 9.96. The third-order valence-electron chi connectivity index (χ3n) is 3.80. The number of nitrogens with zero attached hydrogens (tertiary/aromatic N) is 2. The smallest absolute Gasteiger partial charge is 0.292 e. The summed E-state index contributed by atoms with van der Waals surface area (Å²) < 4.78 is 40.4. The van der Waals surface area contributed by atoms with Crippen molar-refractivity contribution in [3.63, 3.8) is 0 Å². The van der Waals surface area contributed by atoms with Crippen LogP contribution in [0.25, 0.3) is 0 Å². The number of sulfonamides is 1. The number of nitro benzene ring substituents is 1. The molecule has 1 aromatic carbocycles. The number of hydrogen-bond donors (Lipinski definition) is 1. The lowest BCUT2D eigenvalue weighted by Crippen LogP contribution is -2.40. The predicted molar refractivity (Wildman–Crippen MR) is 78.2 cm³/mol. The number of halogens is 1. The van der Waals surface area contributed by atoms with Crippen molar-refractivity contribution in [2.45, 2.75) is 24.2 Å². The van der Waals surface area contributed by atoms with Crippen LogP contribution in [-0.2, 0) is 10.0 Å². The van der Waals surface area contributed by atoms with Gasteiger partial charge in [-0.05, 0) is 37.8 Å². The first kappa shape index (κ1) is 16.8. The van der Waals surface area contributed by atoms with E-state index in [-0.39, 0.29) is 19.0 Å². The molecule has 1 unspecified atom stereocenters. The van der Waals surface area contributed by atoms with Crippen LogP contribution in [0.2, 0.25) is 0 Å². The molecule has 0 bridgehead atoms. The van der Waals surface area contributed by atoms with E-state index in [1.807, 2.05) is 0 Å². The highest BCUT2D eigenvalue weighted by atomic mass is 32.2. The molecule has 9 heteroatoms. The first-order chi connectivity index (χ1) is 10.4. The van der Waals surface area contributed by atoms with Gasteiger partial charge in [0.05, 0.1) is 4.92 Å². The molecule has 1 aliphatic heterocycles. The molecular formula is C13H18FN3O4S. The zero-order valence-corrected chi connectivity index (χ0v) is 12.8. The molecule has 1 aliphatic rings. The zero-order chi connectivity index (χ0) is 16.3. The molecule has 1 atom stereocenters. The maximum Gasteiger partial charge on any atom is 0.292 e. The standard InChI is InChI=1S/C13H18FN3O4S/c14-11-4-1-5-12(17(18)19)13(11)22(20,21)16-8-2-3-10(9-16)6-7-15/h1,4-5,10H,2-3,6-9,15H2. The van der Waals surface area contributed by atoms with Gasteiger partial charge in [0.15, 0.2) is 4.90 Å². The molecule has 2 N–H and O–H groups in total. The van der Waals surface area contributed by atoms with Crippen molar-refractivity contribution in [2.24, 2.45) is 11.7 Å². The number of benzene rings is 1. The van der Waals surface area contributed by atoms with Crippen LogP contribution in [0.5, 0.6) is 0 Å². The highest BCUT2D eigenvalue weighted by Crippen LogP contribution is 2.32. The van der Waals surface area contributed by atoms with Crippen LogP contribution < -0.4 is 5.73 Å². The monoisotopic (exact) mass is 331 g/mol. The highest BCUT2D eigenvalue weighted by Gasteiger charge is 2.37. The van der Waals surface area contributed by atoms with Gasteiger partial charge in [0.25, 0.3) is 15.7 Å². The molecule has 122 valence electrons. The Morgan fingerprint density at radius 3 is 2.82 bits per heavy atom. The molecule has 1 fully saturated rings. The Morgan fingerprint density at radius 1 is 1.45 bits per heavy atom. The molecule has 22 heavy (non-hydrogen) atoms. The van der Waals surface area contributed by atoms with Gasteiger partial charge < -0.3 is 5.73 Å². The Balaban J connectivity index is 2.41. The molecule has 1 aromatic rings. The second kappa shape index (κ2) is 6.67. The molecular weight excluding hydrogens is 313 g/mol. The average Bonchev–Trinajstić information content (AvgIpc) is 2.47. The maximum atomic E-state index is 14.0. The molecule has 0 spiro atoms. The summed E-state index contributed by atoms with van der Waals surface area (Å²) >= 11 is 0. The van der Waals surface area contributed by atoms with E-state index in [4.69, 9.17) is 5.73 Å². The molecule has 1 heterocycles. The largest absolute Gasteiger partial charge is 0.330 e. The second-order valence-corrected chi connectivity index (χ2v) is 7.17. The van der Waals surface area contributed by atoms with Gasteiger partial charge in [0, 0.05) is 19.2 Å². The first-order valence-corrected chi connectivity index (χ1v) is 8.45. The third kappa shape index (κ3) is 3.26. The third-order valence-corrected chi connectivity index (χ3v) is 5.73.